The zero-order chi connectivity index (χ0) is 16.1. The topological polar surface area (TPSA) is 92.4 Å². The maximum Gasteiger partial charge on any atom is 0.326 e. The first-order chi connectivity index (χ1) is 10.5. The van der Waals surface area contributed by atoms with Crippen LogP contribution in [0.5, 0.6) is 0 Å². The molecular formula is C16H18N2O4. The Balaban J connectivity index is 2.10. The molecule has 0 bridgehead atoms. The molecule has 1 heterocycles. The number of hydrogen-bond donors (Lipinski definition) is 2. The zero-order valence-electron chi connectivity index (χ0n) is 12.4. The monoisotopic (exact) mass is 302 g/mol. The zero-order valence-corrected chi connectivity index (χ0v) is 12.4. The lowest BCUT2D eigenvalue weighted by atomic mass is 10.0. The minimum atomic E-state index is -1.06. The van der Waals surface area contributed by atoms with Crippen LogP contribution in [0.25, 0.3) is 11.3 Å². The molecule has 2 N–H and O–H groups in total. The van der Waals surface area contributed by atoms with Crippen LogP contribution in [0.1, 0.15) is 30.8 Å². The standard InChI is InChI=1S/C16H18N2O4/c1-10(2)8-13(16(20)21)17-15(19)12-9-14(22-18-12)11-6-4-3-5-7-11/h3-7,9-10,13H,8H2,1-2H3,(H,17,19)(H,20,21)/t13-/m1/s1. The molecule has 1 atom stereocenters. The van der Waals surface area contributed by atoms with Crippen LogP contribution in [0.2, 0.25) is 0 Å². The van der Waals surface area contributed by atoms with Crippen molar-refractivity contribution in [1.29, 1.82) is 0 Å². The highest BCUT2D eigenvalue weighted by atomic mass is 16.5. The van der Waals surface area contributed by atoms with Gasteiger partial charge in [-0.1, -0.05) is 49.3 Å². The fraction of sp³-hybridized carbons (Fsp3) is 0.312. The molecule has 116 valence electrons. The first kappa shape index (κ1) is 15.8. The van der Waals surface area contributed by atoms with Gasteiger partial charge in [-0.15, -0.1) is 0 Å². The Bertz CT molecular complexity index is 649. The van der Waals surface area contributed by atoms with Crippen LogP contribution < -0.4 is 5.32 Å². The first-order valence-electron chi connectivity index (χ1n) is 7.03. The Kier molecular flexibility index (Phi) is 4.93. The van der Waals surface area contributed by atoms with Crippen molar-refractivity contribution in [3.63, 3.8) is 0 Å². The molecule has 0 aliphatic heterocycles. The number of nitrogens with zero attached hydrogens (tertiary/aromatic N) is 1. The van der Waals surface area contributed by atoms with Crippen molar-refractivity contribution in [2.75, 3.05) is 0 Å². The smallest absolute Gasteiger partial charge is 0.326 e. The third-order valence-electron chi connectivity index (χ3n) is 3.11. The molecule has 2 aromatic rings. The van der Waals surface area contributed by atoms with Gasteiger partial charge in [0.1, 0.15) is 6.04 Å². The summed E-state index contributed by atoms with van der Waals surface area (Å²) in [6, 6.07) is 9.79. The molecule has 0 saturated heterocycles. The SMILES string of the molecule is CC(C)C[C@@H](NC(=O)c1cc(-c2ccccc2)on1)C(=O)O. The van der Waals surface area contributed by atoms with Crippen LogP contribution in [-0.4, -0.2) is 28.2 Å². The lowest BCUT2D eigenvalue weighted by molar-refractivity contribution is -0.139. The van der Waals surface area contributed by atoms with Crippen LogP contribution in [0.15, 0.2) is 40.9 Å². The van der Waals surface area contributed by atoms with E-state index in [2.05, 4.69) is 10.5 Å². The summed E-state index contributed by atoms with van der Waals surface area (Å²) < 4.78 is 5.14. The highest BCUT2D eigenvalue weighted by Crippen LogP contribution is 2.19. The lowest BCUT2D eigenvalue weighted by Crippen LogP contribution is -2.41. The molecule has 1 aromatic carbocycles. The summed E-state index contributed by atoms with van der Waals surface area (Å²) in [6.45, 7) is 3.79. The van der Waals surface area contributed by atoms with Crippen LogP contribution in [0.4, 0.5) is 0 Å². The minimum Gasteiger partial charge on any atom is -0.480 e. The molecule has 0 saturated carbocycles. The maximum atomic E-state index is 12.1. The van der Waals surface area contributed by atoms with E-state index in [4.69, 9.17) is 9.63 Å². The molecule has 0 aliphatic rings. The molecule has 1 aromatic heterocycles. The van der Waals surface area contributed by atoms with Crippen LogP contribution in [-0.2, 0) is 4.79 Å². The van der Waals surface area contributed by atoms with E-state index in [1.165, 1.54) is 6.07 Å². The maximum absolute atomic E-state index is 12.1. The number of hydrogen-bond acceptors (Lipinski definition) is 4. The fourth-order valence-corrected chi connectivity index (χ4v) is 2.05. The Morgan fingerprint density at radius 3 is 2.55 bits per heavy atom. The summed E-state index contributed by atoms with van der Waals surface area (Å²) >= 11 is 0. The molecule has 6 heteroatoms. The quantitative estimate of drug-likeness (QED) is 0.855. The van der Waals surface area contributed by atoms with Crippen molar-refractivity contribution in [2.45, 2.75) is 26.3 Å². The second kappa shape index (κ2) is 6.89. The minimum absolute atomic E-state index is 0.0638. The number of carbonyl (C=O) groups is 2. The van der Waals surface area contributed by atoms with Gasteiger partial charge < -0.3 is 14.9 Å². The molecule has 0 unspecified atom stereocenters. The summed E-state index contributed by atoms with van der Waals surface area (Å²) in [6.07, 6.45) is 0.352. The number of rotatable bonds is 6. The molecule has 1 amide bonds. The highest BCUT2D eigenvalue weighted by Gasteiger charge is 2.23. The fourth-order valence-electron chi connectivity index (χ4n) is 2.05. The van der Waals surface area contributed by atoms with E-state index in [1.807, 2.05) is 44.2 Å². The predicted molar refractivity (Wildman–Crippen MR) is 80.3 cm³/mol. The Hall–Kier alpha value is -2.63. The van der Waals surface area contributed by atoms with Crippen LogP contribution in [0.3, 0.4) is 0 Å². The Morgan fingerprint density at radius 1 is 1.27 bits per heavy atom. The summed E-state index contributed by atoms with van der Waals surface area (Å²) in [5.41, 5.74) is 0.861. The van der Waals surface area contributed by atoms with Gasteiger partial charge >= 0.3 is 5.97 Å². The number of nitrogens with one attached hydrogen (secondary N) is 1. The van der Waals surface area contributed by atoms with E-state index >= 15 is 0 Å². The van der Waals surface area contributed by atoms with Crippen molar-refractivity contribution in [3.8, 4) is 11.3 Å². The summed E-state index contributed by atoms with van der Waals surface area (Å²) in [5, 5.41) is 15.3. The van der Waals surface area contributed by atoms with Crippen molar-refractivity contribution in [1.82, 2.24) is 10.5 Å². The first-order valence-corrected chi connectivity index (χ1v) is 7.03. The van der Waals surface area contributed by atoms with Gasteiger partial charge in [0.2, 0.25) is 0 Å². The van der Waals surface area contributed by atoms with E-state index in [0.717, 1.165) is 5.56 Å². The number of carboxylic acid groups (broad SMARTS) is 1. The Labute approximate surface area is 128 Å². The van der Waals surface area contributed by atoms with Gasteiger partial charge in [-0.3, -0.25) is 4.79 Å². The number of amides is 1. The molecular weight excluding hydrogens is 284 g/mol. The van der Waals surface area contributed by atoms with E-state index in [0.29, 0.717) is 12.2 Å². The predicted octanol–water partition coefficient (Wildman–Crippen LogP) is 2.57. The molecule has 0 fully saturated rings. The molecule has 0 spiro atoms. The van der Waals surface area contributed by atoms with E-state index < -0.39 is 17.9 Å². The van der Waals surface area contributed by atoms with E-state index in [-0.39, 0.29) is 11.6 Å². The molecule has 2 rings (SSSR count). The third kappa shape index (κ3) is 3.94. The molecule has 22 heavy (non-hydrogen) atoms. The van der Waals surface area contributed by atoms with Gasteiger partial charge in [0.25, 0.3) is 5.91 Å². The summed E-state index contributed by atoms with van der Waals surface area (Å²) in [5.74, 6) is -1.01. The van der Waals surface area contributed by atoms with Crippen molar-refractivity contribution in [2.24, 2.45) is 5.92 Å². The van der Waals surface area contributed by atoms with Gasteiger partial charge in [0.15, 0.2) is 11.5 Å². The molecule has 0 radical (unpaired) electrons. The normalized spacial score (nSPS) is 12.1. The van der Waals surface area contributed by atoms with Gasteiger partial charge in [-0.2, -0.15) is 0 Å². The Morgan fingerprint density at radius 2 is 1.95 bits per heavy atom. The summed E-state index contributed by atoms with van der Waals surface area (Å²) in [7, 11) is 0. The van der Waals surface area contributed by atoms with Crippen LogP contribution in [0, 0.1) is 5.92 Å². The van der Waals surface area contributed by atoms with Crippen molar-refractivity contribution >= 4 is 11.9 Å². The number of carbonyl (C=O) groups excluding carboxylic acids is 1. The van der Waals surface area contributed by atoms with Gasteiger partial charge in [-0.05, 0) is 12.3 Å². The number of aliphatic carboxylic acids is 1. The van der Waals surface area contributed by atoms with Gasteiger partial charge in [0, 0.05) is 11.6 Å². The molecule has 0 aliphatic carbocycles. The van der Waals surface area contributed by atoms with E-state index in [1.54, 1.807) is 0 Å². The third-order valence-corrected chi connectivity index (χ3v) is 3.11. The number of benzene rings is 1. The van der Waals surface area contributed by atoms with Gasteiger partial charge in [-0.25, -0.2) is 4.79 Å². The number of aromatic nitrogens is 1. The second-order valence-electron chi connectivity index (χ2n) is 5.44. The molecule has 6 nitrogen and oxygen atoms in total. The second-order valence-corrected chi connectivity index (χ2v) is 5.44. The lowest BCUT2D eigenvalue weighted by Gasteiger charge is -2.15. The summed E-state index contributed by atoms with van der Waals surface area (Å²) in [4.78, 5) is 23.3. The largest absolute Gasteiger partial charge is 0.480 e. The average Bonchev–Trinajstić information content (AvgIpc) is 2.96. The van der Waals surface area contributed by atoms with Crippen LogP contribution >= 0.6 is 0 Å². The van der Waals surface area contributed by atoms with E-state index in [9.17, 15) is 9.59 Å². The van der Waals surface area contributed by atoms with Crippen molar-refractivity contribution < 1.29 is 19.2 Å². The average molecular weight is 302 g/mol. The highest BCUT2D eigenvalue weighted by molar-refractivity contribution is 5.95. The number of carboxylic acids is 1. The van der Waals surface area contributed by atoms with Gasteiger partial charge in [0.05, 0.1) is 0 Å². The van der Waals surface area contributed by atoms with Crippen molar-refractivity contribution in [3.05, 3.63) is 42.1 Å².